The van der Waals surface area contributed by atoms with Crippen LogP contribution in [-0.4, -0.2) is 4.98 Å². The van der Waals surface area contributed by atoms with E-state index in [-0.39, 0.29) is 0 Å². The molecule has 0 bridgehead atoms. The average Bonchev–Trinajstić information content (AvgIpc) is 2.26. The van der Waals surface area contributed by atoms with Crippen LogP contribution in [0.3, 0.4) is 0 Å². The van der Waals surface area contributed by atoms with Crippen LogP contribution in [0.15, 0.2) is 30.5 Å². The van der Waals surface area contributed by atoms with E-state index in [2.05, 4.69) is 4.98 Å². The number of aromatic nitrogens is 1. The number of halogens is 3. The lowest BCUT2D eigenvalue weighted by Crippen LogP contribution is -1.89. The first-order chi connectivity index (χ1) is 7.58. The van der Waals surface area contributed by atoms with E-state index in [9.17, 15) is 4.39 Å². The first-order valence-electron chi connectivity index (χ1n) is 4.65. The van der Waals surface area contributed by atoms with Crippen LogP contribution in [-0.2, 0) is 0 Å². The van der Waals surface area contributed by atoms with Crippen molar-refractivity contribution in [2.75, 3.05) is 0 Å². The molecule has 0 amide bonds. The second kappa shape index (κ2) is 4.40. The fraction of sp³-hybridized carbons (Fsp3) is 0.0833. The van der Waals surface area contributed by atoms with Gasteiger partial charge in [0.1, 0.15) is 0 Å². The Balaban J connectivity index is 2.50. The maximum absolute atomic E-state index is 13.0. The summed E-state index contributed by atoms with van der Waals surface area (Å²) < 4.78 is 13.0. The Hall–Kier alpha value is -1.12. The van der Waals surface area contributed by atoms with Gasteiger partial charge in [0.15, 0.2) is 0 Å². The topological polar surface area (TPSA) is 12.9 Å². The summed E-state index contributed by atoms with van der Waals surface area (Å²) in [5.74, 6) is -0.455. The summed E-state index contributed by atoms with van der Waals surface area (Å²) in [4.78, 5) is 3.66. The van der Waals surface area contributed by atoms with Crippen molar-refractivity contribution in [3.8, 4) is 11.1 Å². The summed E-state index contributed by atoms with van der Waals surface area (Å²) in [6.45, 7) is 1.67. The summed E-state index contributed by atoms with van der Waals surface area (Å²) in [5, 5.41) is 0.971. The molecule has 1 aromatic heterocycles. The number of pyridine rings is 1. The van der Waals surface area contributed by atoms with E-state index in [1.807, 2.05) is 6.07 Å². The Morgan fingerprint density at radius 1 is 1.06 bits per heavy atom. The Labute approximate surface area is 103 Å². The Bertz CT molecular complexity index is 491. The quantitative estimate of drug-likeness (QED) is 0.684. The maximum atomic E-state index is 13.0. The number of benzene rings is 1. The summed E-state index contributed by atoms with van der Waals surface area (Å²) in [7, 11) is 0. The van der Waals surface area contributed by atoms with E-state index in [0.717, 1.165) is 11.1 Å². The molecule has 0 saturated heterocycles. The Morgan fingerprint density at radius 2 is 1.81 bits per heavy atom. The van der Waals surface area contributed by atoms with E-state index in [1.165, 1.54) is 6.20 Å². The molecule has 0 aliphatic heterocycles. The highest BCUT2D eigenvalue weighted by atomic mass is 35.5. The van der Waals surface area contributed by atoms with Crippen molar-refractivity contribution in [1.82, 2.24) is 4.98 Å². The normalized spacial score (nSPS) is 10.5. The van der Waals surface area contributed by atoms with Gasteiger partial charge in [-0.25, -0.2) is 4.98 Å². The van der Waals surface area contributed by atoms with Crippen molar-refractivity contribution < 1.29 is 4.39 Å². The zero-order chi connectivity index (χ0) is 11.7. The van der Waals surface area contributed by atoms with Gasteiger partial charge in [-0.1, -0.05) is 29.3 Å². The fourth-order valence-corrected chi connectivity index (χ4v) is 1.69. The number of aryl methyl sites for hydroxylation is 1. The molecule has 0 radical (unpaired) electrons. The molecular formula is C12H8Cl2FN. The van der Waals surface area contributed by atoms with Crippen molar-refractivity contribution >= 4 is 23.2 Å². The van der Waals surface area contributed by atoms with Crippen LogP contribution < -0.4 is 0 Å². The number of hydrogen-bond acceptors (Lipinski definition) is 1. The highest BCUT2D eigenvalue weighted by molar-refractivity contribution is 6.42. The molecule has 0 spiro atoms. The van der Waals surface area contributed by atoms with Crippen LogP contribution in [0.5, 0.6) is 0 Å². The standard InChI is InChI=1S/C12H8Cl2FN/c1-7-4-9(6-16-12(7)15)8-2-3-10(13)11(14)5-8/h2-6H,1H3. The second-order valence-electron chi connectivity index (χ2n) is 3.46. The van der Waals surface area contributed by atoms with Crippen LogP contribution in [0.2, 0.25) is 10.0 Å². The first-order valence-corrected chi connectivity index (χ1v) is 5.41. The smallest absolute Gasteiger partial charge is 0.215 e. The van der Waals surface area contributed by atoms with Gasteiger partial charge < -0.3 is 0 Å². The van der Waals surface area contributed by atoms with Gasteiger partial charge in [0.05, 0.1) is 10.0 Å². The Kier molecular flexibility index (Phi) is 3.13. The maximum Gasteiger partial charge on any atom is 0.215 e. The van der Waals surface area contributed by atoms with Crippen LogP contribution in [0.4, 0.5) is 4.39 Å². The third-order valence-electron chi connectivity index (χ3n) is 2.27. The van der Waals surface area contributed by atoms with Gasteiger partial charge in [-0.15, -0.1) is 0 Å². The van der Waals surface area contributed by atoms with Crippen molar-refractivity contribution in [2.24, 2.45) is 0 Å². The number of hydrogen-bond donors (Lipinski definition) is 0. The molecule has 0 aliphatic rings. The molecule has 2 rings (SSSR count). The summed E-state index contributed by atoms with van der Waals surface area (Å²) >= 11 is 11.7. The molecule has 0 saturated carbocycles. The molecule has 0 unspecified atom stereocenters. The third kappa shape index (κ3) is 2.18. The van der Waals surface area contributed by atoms with E-state index in [1.54, 1.807) is 25.1 Å². The summed E-state index contributed by atoms with van der Waals surface area (Å²) in [5.41, 5.74) is 2.19. The summed E-state index contributed by atoms with van der Waals surface area (Å²) in [6, 6.07) is 6.99. The molecule has 1 aromatic carbocycles. The third-order valence-corrected chi connectivity index (χ3v) is 3.01. The minimum Gasteiger partial charge on any atom is -0.227 e. The molecule has 0 N–H and O–H groups in total. The SMILES string of the molecule is Cc1cc(-c2ccc(Cl)c(Cl)c2)cnc1F. The van der Waals surface area contributed by atoms with Gasteiger partial charge in [0, 0.05) is 17.3 Å². The summed E-state index contributed by atoms with van der Waals surface area (Å²) in [6.07, 6.45) is 1.47. The molecule has 1 heterocycles. The monoisotopic (exact) mass is 255 g/mol. The fourth-order valence-electron chi connectivity index (χ4n) is 1.39. The lowest BCUT2D eigenvalue weighted by atomic mass is 10.1. The molecule has 4 heteroatoms. The van der Waals surface area contributed by atoms with E-state index >= 15 is 0 Å². The van der Waals surface area contributed by atoms with Crippen molar-refractivity contribution in [2.45, 2.75) is 6.92 Å². The highest BCUT2D eigenvalue weighted by Gasteiger charge is 2.05. The zero-order valence-corrected chi connectivity index (χ0v) is 9.98. The molecular weight excluding hydrogens is 248 g/mol. The zero-order valence-electron chi connectivity index (χ0n) is 8.47. The van der Waals surface area contributed by atoms with Crippen molar-refractivity contribution in [1.29, 1.82) is 0 Å². The minimum absolute atomic E-state index is 0.455. The number of nitrogens with zero attached hydrogens (tertiary/aromatic N) is 1. The Morgan fingerprint density at radius 3 is 2.44 bits per heavy atom. The van der Waals surface area contributed by atoms with E-state index in [0.29, 0.717) is 15.6 Å². The predicted octanol–water partition coefficient (Wildman–Crippen LogP) is 4.50. The van der Waals surface area contributed by atoms with Crippen molar-refractivity contribution in [3.05, 3.63) is 52.0 Å². The lowest BCUT2D eigenvalue weighted by Gasteiger charge is -2.04. The largest absolute Gasteiger partial charge is 0.227 e. The molecule has 16 heavy (non-hydrogen) atoms. The van der Waals surface area contributed by atoms with Gasteiger partial charge >= 0.3 is 0 Å². The minimum atomic E-state index is -0.455. The van der Waals surface area contributed by atoms with Gasteiger partial charge in [-0.3, -0.25) is 0 Å². The first kappa shape index (κ1) is 11.4. The van der Waals surface area contributed by atoms with Gasteiger partial charge in [0.25, 0.3) is 0 Å². The van der Waals surface area contributed by atoms with Crippen LogP contribution in [0, 0.1) is 12.9 Å². The molecule has 0 atom stereocenters. The van der Waals surface area contributed by atoms with Crippen LogP contribution >= 0.6 is 23.2 Å². The predicted molar refractivity (Wildman–Crippen MR) is 64.4 cm³/mol. The lowest BCUT2D eigenvalue weighted by molar-refractivity contribution is 0.575. The number of rotatable bonds is 1. The van der Waals surface area contributed by atoms with Crippen molar-refractivity contribution in [3.63, 3.8) is 0 Å². The second-order valence-corrected chi connectivity index (χ2v) is 4.27. The molecule has 82 valence electrons. The van der Waals surface area contributed by atoms with E-state index in [4.69, 9.17) is 23.2 Å². The average molecular weight is 256 g/mol. The highest BCUT2D eigenvalue weighted by Crippen LogP contribution is 2.28. The molecule has 0 aliphatic carbocycles. The molecule has 0 fully saturated rings. The molecule has 1 nitrogen and oxygen atoms in total. The van der Waals surface area contributed by atoms with Gasteiger partial charge in [-0.2, -0.15) is 4.39 Å². The van der Waals surface area contributed by atoms with Crippen LogP contribution in [0.25, 0.3) is 11.1 Å². The van der Waals surface area contributed by atoms with Gasteiger partial charge in [0.2, 0.25) is 5.95 Å². The van der Waals surface area contributed by atoms with E-state index < -0.39 is 5.95 Å². The molecule has 2 aromatic rings. The van der Waals surface area contributed by atoms with Gasteiger partial charge in [-0.05, 0) is 30.7 Å². The van der Waals surface area contributed by atoms with Crippen LogP contribution in [0.1, 0.15) is 5.56 Å².